The number of rotatable bonds is 4. The highest BCUT2D eigenvalue weighted by atomic mass is 16.1. The molecule has 0 bridgehead atoms. The molecule has 0 heterocycles. The molecular weight excluding hydrogens is 316 g/mol. The van der Waals surface area contributed by atoms with Gasteiger partial charge < -0.3 is 0 Å². The lowest BCUT2D eigenvalue weighted by atomic mass is 9.82. The van der Waals surface area contributed by atoms with Gasteiger partial charge in [-0.3, -0.25) is 4.79 Å². The van der Waals surface area contributed by atoms with Crippen molar-refractivity contribution < 1.29 is 4.79 Å². The van der Waals surface area contributed by atoms with E-state index >= 15 is 0 Å². The Kier molecular flexibility index (Phi) is 4.63. The van der Waals surface area contributed by atoms with E-state index in [1.54, 1.807) is 0 Å². The fourth-order valence-electron chi connectivity index (χ4n) is 4.58. The molecule has 0 aromatic heterocycles. The van der Waals surface area contributed by atoms with Crippen LogP contribution in [0.5, 0.6) is 0 Å². The van der Waals surface area contributed by atoms with E-state index in [0.717, 1.165) is 12.8 Å². The van der Waals surface area contributed by atoms with E-state index in [-0.39, 0.29) is 11.8 Å². The first-order valence-corrected chi connectivity index (χ1v) is 9.71. The van der Waals surface area contributed by atoms with Gasteiger partial charge in [0.25, 0.3) is 0 Å². The molecule has 0 N–H and O–H groups in total. The van der Waals surface area contributed by atoms with Gasteiger partial charge in [0.15, 0.2) is 0 Å². The lowest BCUT2D eigenvalue weighted by Crippen LogP contribution is -2.22. The predicted octanol–water partition coefficient (Wildman–Crippen LogP) is 6.34. The molecule has 1 aliphatic carbocycles. The molecule has 132 valence electrons. The highest BCUT2D eigenvalue weighted by Gasteiger charge is 2.40. The second-order valence-electron chi connectivity index (χ2n) is 7.96. The standard InChI is InChI=1S/C25H26O/c1-17(2)25(26)24-16-22(18-8-4-3-5-9-18)15-23(24)21-13-12-19-10-6-7-11-20(19)14-21/h3-14,17,22-24H,15-16H2,1-2H3/t22?,23-,24?/m0/s1. The summed E-state index contributed by atoms with van der Waals surface area (Å²) in [7, 11) is 0. The minimum Gasteiger partial charge on any atom is -0.299 e. The third-order valence-electron chi connectivity index (χ3n) is 5.97. The summed E-state index contributed by atoms with van der Waals surface area (Å²) in [4.78, 5) is 13.0. The first-order valence-electron chi connectivity index (χ1n) is 9.71. The lowest BCUT2D eigenvalue weighted by Gasteiger charge is -2.21. The van der Waals surface area contributed by atoms with Crippen molar-refractivity contribution in [3.63, 3.8) is 0 Å². The summed E-state index contributed by atoms with van der Waals surface area (Å²) in [6.07, 6.45) is 2.03. The van der Waals surface area contributed by atoms with E-state index in [1.807, 2.05) is 13.8 Å². The average Bonchev–Trinajstić information content (AvgIpc) is 3.13. The molecule has 2 unspecified atom stereocenters. The number of fused-ring (bicyclic) bond motifs is 1. The van der Waals surface area contributed by atoms with Crippen LogP contribution in [-0.2, 0) is 4.79 Å². The summed E-state index contributed by atoms with van der Waals surface area (Å²) >= 11 is 0. The minimum atomic E-state index is 0.0949. The van der Waals surface area contributed by atoms with Crippen LogP contribution in [0.3, 0.4) is 0 Å². The smallest absolute Gasteiger partial charge is 0.139 e. The third-order valence-corrected chi connectivity index (χ3v) is 5.97. The van der Waals surface area contributed by atoms with E-state index in [2.05, 4.69) is 72.8 Å². The summed E-state index contributed by atoms with van der Waals surface area (Å²) in [5, 5.41) is 2.53. The molecule has 0 saturated heterocycles. The molecule has 1 saturated carbocycles. The molecule has 0 radical (unpaired) electrons. The van der Waals surface area contributed by atoms with E-state index in [1.165, 1.54) is 21.9 Å². The van der Waals surface area contributed by atoms with Gasteiger partial charge in [-0.1, -0.05) is 86.6 Å². The van der Waals surface area contributed by atoms with Gasteiger partial charge in [-0.15, -0.1) is 0 Å². The van der Waals surface area contributed by atoms with Crippen LogP contribution < -0.4 is 0 Å². The first kappa shape index (κ1) is 17.0. The van der Waals surface area contributed by atoms with Crippen LogP contribution in [-0.4, -0.2) is 5.78 Å². The Morgan fingerprint density at radius 2 is 1.50 bits per heavy atom. The van der Waals surface area contributed by atoms with Gasteiger partial charge in [0.2, 0.25) is 0 Å². The average molecular weight is 342 g/mol. The monoisotopic (exact) mass is 342 g/mol. The molecule has 1 fully saturated rings. The molecule has 1 nitrogen and oxygen atoms in total. The molecule has 3 aromatic rings. The summed E-state index contributed by atoms with van der Waals surface area (Å²) < 4.78 is 0. The molecule has 1 aliphatic rings. The molecule has 0 spiro atoms. The van der Waals surface area contributed by atoms with Crippen LogP contribution in [0, 0.1) is 11.8 Å². The van der Waals surface area contributed by atoms with Crippen molar-refractivity contribution in [1.29, 1.82) is 0 Å². The van der Waals surface area contributed by atoms with Gasteiger partial charge in [-0.05, 0) is 46.6 Å². The Hall–Kier alpha value is -2.41. The maximum Gasteiger partial charge on any atom is 0.139 e. The Labute approximate surface area is 156 Å². The molecule has 0 aliphatic heterocycles. The van der Waals surface area contributed by atoms with E-state index in [0.29, 0.717) is 17.6 Å². The number of carbonyl (C=O) groups excluding carboxylic acids is 1. The molecule has 4 rings (SSSR count). The van der Waals surface area contributed by atoms with E-state index in [9.17, 15) is 4.79 Å². The number of hydrogen-bond acceptors (Lipinski definition) is 1. The van der Waals surface area contributed by atoms with E-state index < -0.39 is 0 Å². The van der Waals surface area contributed by atoms with Gasteiger partial charge in [-0.25, -0.2) is 0 Å². The normalized spacial score (nSPS) is 22.8. The van der Waals surface area contributed by atoms with Crippen molar-refractivity contribution in [2.75, 3.05) is 0 Å². The lowest BCUT2D eigenvalue weighted by molar-refractivity contribution is -0.126. The zero-order valence-corrected chi connectivity index (χ0v) is 15.6. The Morgan fingerprint density at radius 3 is 2.23 bits per heavy atom. The summed E-state index contributed by atoms with van der Waals surface area (Å²) in [6, 6.07) is 25.9. The predicted molar refractivity (Wildman–Crippen MR) is 108 cm³/mol. The van der Waals surface area contributed by atoms with E-state index in [4.69, 9.17) is 0 Å². The number of ketones is 1. The van der Waals surface area contributed by atoms with Crippen molar-refractivity contribution in [3.05, 3.63) is 83.9 Å². The zero-order chi connectivity index (χ0) is 18.1. The van der Waals surface area contributed by atoms with Crippen molar-refractivity contribution in [3.8, 4) is 0 Å². The largest absolute Gasteiger partial charge is 0.299 e. The molecular formula is C25H26O. The van der Waals surface area contributed by atoms with Crippen LogP contribution >= 0.6 is 0 Å². The second-order valence-corrected chi connectivity index (χ2v) is 7.96. The Balaban J connectivity index is 1.71. The number of carbonyl (C=O) groups is 1. The first-order chi connectivity index (χ1) is 12.6. The highest BCUT2D eigenvalue weighted by molar-refractivity contribution is 5.86. The van der Waals surface area contributed by atoms with Gasteiger partial charge in [0.1, 0.15) is 5.78 Å². The molecule has 3 aromatic carbocycles. The highest BCUT2D eigenvalue weighted by Crippen LogP contribution is 2.49. The van der Waals surface area contributed by atoms with Gasteiger partial charge >= 0.3 is 0 Å². The summed E-state index contributed by atoms with van der Waals surface area (Å²) in [5.74, 6) is 1.43. The Bertz CT molecular complexity index is 910. The van der Waals surface area contributed by atoms with Crippen LogP contribution in [0.2, 0.25) is 0 Å². The van der Waals surface area contributed by atoms with Gasteiger partial charge in [0.05, 0.1) is 0 Å². The van der Waals surface area contributed by atoms with Gasteiger partial charge in [-0.2, -0.15) is 0 Å². The van der Waals surface area contributed by atoms with Crippen LogP contribution in [0.4, 0.5) is 0 Å². The summed E-state index contributed by atoms with van der Waals surface area (Å²) in [6.45, 7) is 4.07. The van der Waals surface area contributed by atoms with Crippen LogP contribution in [0.15, 0.2) is 72.8 Å². The molecule has 3 atom stereocenters. The van der Waals surface area contributed by atoms with Crippen LogP contribution in [0.25, 0.3) is 10.8 Å². The van der Waals surface area contributed by atoms with Crippen molar-refractivity contribution in [2.45, 2.75) is 38.5 Å². The quantitative estimate of drug-likeness (QED) is 0.540. The maximum absolute atomic E-state index is 13.0. The molecule has 1 heteroatoms. The maximum atomic E-state index is 13.0. The van der Waals surface area contributed by atoms with Crippen molar-refractivity contribution in [2.24, 2.45) is 11.8 Å². The van der Waals surface area contributed by atoms with Gasteiger partial charge in [0, 0.05) is 11.8 Å². The number of hydrogen-bond donors (Lipinski definition) is 0. The molecule has 0 amide bonds. The third kappa shape index (κ3) is 3.19. The fraction of sp³-hybridized carbons (Fsp3) is 0.320. The van der Waals surface area contributed by atoms with Crippen molar-refractivity contribution in [1.82, 2.24) is 0 Å². The zero-order valence-electron chi connectivity index (χ0n) is 15.6. The second kappa shape index (κ2) is 7.07. The fourth-order valence-corrected chi connectivity index (χ4v) is 4.58. The molecule has 26 heavy (non-hydrogen) atoms. The van der Waals surface area contributed by atoms with Crippen molar-refractivity contribution >= 4 is 16.6 Å². The summed E-state index contributed by atoms with van der Waals surface area (Å²) in [5.41, 5.74) is 2.69. The minimum absolute atomic E-state index is 0.0949. The topological polar surface area (TPSA) is 17.1 Å². The SMILES string of the molecule is CC(C)C(=O)C1CC(c2ccccc2)C[C@H]1c1ccc2ccccc2c1. The number of benzene rings is 3. The number of Topliss-reactive ketones (excluding diaryl/α,β-unsaturated/α-hetero) is 1. The Morgan fingerprint density at radius 1 is 0.808 bits per heavy atom. The van der Waals surface area contributed by atoms with Crippen LogP contribution in [0.1, 0.15) is 49.7 Å².